The molecule has 2 aromatic carbocycles. The van der Waals surface area contributed by atoms with Gasteiger partial charge in [-0.3, -0.25) is 0 Å². The quantitative estimate of drug-likeness (QED) is 0.559. The lowest BCUT2D eigenvalue weighted by molar-refractivity contribution is 0.415. The molecule has 0 N–H and O–H groups in total. The third-order valence-corrected chi connectivity index (χ3v) is 5.18. The Labute approximate surface area is 129 Å². The number of rotatable bonds is 2. The lowest BCUT2D eigenvalue weighted by Crippen LogP contribution is -1.84. The van der Waals surface area contributed by atoms with Gasteiger partial charge in [0.1, 0.15) is 16.6 Å². The smallest absolute Gasteiger partial charge is 0.139 e. The Morgan fingerprint density at radius 3 is 2.55 bits per heavy atom. The van der Waals surface area contributed by atoms with Crippen molar-refractivity contribution in [2.24, 2.45) is 0 Å². The van der Waals surface area contributed by atoms with Crippen molar-refractivity contribution in [1.29, 1.82) is 0 Å². The van der Waals surface area contributed by atoms with Crippen molar-refractivity contribution in [3.63, 3.8) is 0 Å². The van der Waals surface area contributed by atoms with Crippen LogP contribution in [0.4, 0.5) is 4.39 Å². The molecule has 1 nitrogen and oxygen atoms in total. The molecule has 102 valence electrons. The van der Waals surface area contributed by atoms with E-state index in [1.54, 1.807) is 18.2 Å². The van der Waals surface area contributed by atoms with Gasteiger partial charge in [0, 0.05) is 10.4 Å². The van der Waals surface area contributed by atoms with Crippen LogP contribution < -0.4 is 4.74 Å². The molecule has 3 rings (SSSR count). The molecular formula is C15H9Cl2FOS. The van der Waals surface area contributed by atoms with Crippen molar-refractivity contribution < 1.29 is 9.13 Å². The molecule has 0 atom stereocenters. The zero-order valence-corrected chi connectivity index (χ0v) is 12.7. The van der Waals surface area contributed by atoms with Crippen molar-refractivity contribution in [3.8, 4) is 16.2 Å². The number of ether oxygens (including phenoxy) is 1. The molecule has 0 radical (unpaired) electrons. The van der Waals surface area contributed by atoms with E-state index < -0.39 is 0 Å². The first-order valence-electron chi connectivity index (χ1n) is 5.82. The molecule has 0 amide bonds. The molecule has 0 aliphatic rings. The molecule has 0 saturated heterocycles. The highest BCUT2D eigenvalue weighted by Crippen LogP contribution is 2.44. The van der Waals surface area contributed by atoms with Crippen molar-refractivity contribution in [3.05, 3.63) is 52.3 Å². The van der Waals surface area contributed by atoms with Crippen molar-refractivity contribution >= 4 is 44.6 Å². The molecule has 3 aromatic rings. The Balaban J connectivity index is 2.26. The SMILES string of the molecule is COc1cc2cc(-c3ccccc3F)sc2c(Cl)c1Cl. The molecule has 0 spiro atoms. The summed E-state index contributed by atoms with van der Waals surface area (Å²) in [6.07, 6.45) is 0. The number of hydrogen-bond donors (Lipinski definition) is 0. The summed E-state index contributed by atoms with van der Waals surface area (Å²) in [6.45, 7) is 0. The number of methoxy groups -OCH3 is 1. The topological polar surface area (TPSA) is 9.23 Å². The van der Waals surface area contributed by atoms with E-state index in [0.717, 1.165) is 15.0 Å². The van der Waals surface area contributed by atoms with Crippen LogP contribution >= 0.6 is 34.5 Å². The Hall–Kier alpha value is -1.29. The first kappa shape index (κ1) is 13.7. The second-order valence-corrected chi connectivity index (χ2v) is 6.02. The van der Waals surface area contributed by atoms with Gasteiger partial charge in [-0.25, -0.2) is 4.39 Å². The Morgan fingerprint density at radius 2 is 1.85 bits per heavy atom. The summed E-state index contributed by atoms with van der Waals surface area (Å²) in [7, 11) is 1.54. The summed E-state index contributed by atoms with van der Waals surface area (Å²) in [5.41, 5.74) is 0.555. The van der Waals surface area contributed by atoms with Crippen molar-refractivity contribution in [2.45, 2.75) is 0 Å². The second-order valence-electron chi connectivity index (χ2n) is 4.22. The number of hydrogen-bond acceptors (Lipinski definition) is 2. The van der Waals surface area contributed by atoms with Crippen LogP contribution in [0.2, 0.25) is 10.0 Å². The van der Waals surface area contributed by atoms with Crippen LogP contribution in [0.5, 0.6) is 5.75 Å². The normalized spacial score (nSPS) is 11.0. The van der Waals surface area contributed by atoms with Crippen LogP contribution in [-0.2, 0) is 0 Å². The van der Waals surface area contributed by atoms with Crippen LogP contribution in [0.1, 0.15) is 0 Å². The zero-order valence-electron chi connectivity index (χ0n) is 10.4. The van der Waals surface area contributed by atoms with E-state index in [1.807, 2.05) is 12.1 Å². The molecule has 1 heterocycles. The average Bonchev–Trinajstić information content (AvgIpc) is 2.87. The van der Waals surface area contributed by atoms with Gasteiger partial charge in [-0.1, -0.05) is 41.4 Å². The molecule has 0 aliphatic heterocycles. The third kappa shape index (κ3) is 2.16. The molecule has 0 fully saturated rings. The highest BCUT2D eigenvalue weighted by molar-refractivity contribution is 7.23. The van der Waals surface area contributed by atoms with E-state index in [2.05, 4.69) is 0 Å². The molecular weight excluding hydrogens is 318 g/mol. The van der Waals surface area contributed by atoms with E-state index in [0.29, 0.717) is 21.4 Å². The Kier molecular flexibility index (Phi) is 3.59. The lowest BCUT2D eigenvalue weighted by Gasteiger charge is -2.04. The number of benzene rings is 2. The largest absolute Gasteiger partial charge is 0.495 e. The van der Waals surface area contributed by atoms with Gasteiger partial charge in [0.15, 0.2) is 0 Å². The van der Waals surface area contributed by atoms with E-state index in [9.17, 15) is 4.39 Å². The third-order valence-electron chi connectivity index (χ3n) is 3.02. The van der Waals surface area contributed by atoms with E-state index >= 15 is 0 Å². The molecule has 0 aliphatic carbocycles. The molecule has 1 aromatic heterocycles. The Morgan fingerprint density at radius 1 is 1.10 bits per heavy atom. The lowest BCUT2D eigenvalue weighted by atomic mass is 10.1. The van der Waals surface area contributed by atoms with Crippen molar-refractivity contribution in [1.82, 2.24) is 0 Å². The maximum atomic E-state index is 13.9. The number of thiophene rings is 1. The summed E-state index contributed by atoms with van der Waals surface area (Å²) >= 11 is 13.8. The van der Waals surface area contributed by atoms with Gasteiger partial charge in [-0.15, -0.1) is 11.3 Å². The zero-order chi connectivity index (χ0) is 14.3. The van der Waals surface area contributed by atoms with Crippen molar-refractivity contribution in [2.75, 3.05) is 7.11 Å². The van der Waals surface area contributed by atoms with Crippen LogP contribution in [0.15, 0.2) is 36.4 Å². The minimum absolute atomic E-state index is 0.256. The highest BCUT2D eigenvalue weighted by Gasteiger charge is 2.15. The minimum Gasteiger partial charge on any atom is -0.495 e. The van der Waals surface area contributed by atoms with Gasteiger partial charge < -0.3 is 4.74 Å². The molecule has 0 unspecified atom stereocenters. The van der Waals surface area contributed by atoms with Gasteiger partial charge in [-0.2, -0.15) is 0 Å². The monoisotopic (exact) mass is 326 g/mol. The second kappa shape index (κ2) is 5.24. The van der Waals surface area contributed by atoms with E-state index in [-0.39, 0.29) is 5.82 Å². The fourth-order valence-corrected chi connectivity index (χ4v) is 3.75. The standard InChI is InChI=1S/C15H9Cl2FOS/c1-19-11-6-8-7-12(9-4-2-3-5-10(9)18)20-15(8)14(17)13(11)16/h2-7H,1H3. The maximum absolute atomic E-state index is 13.9. The first-order valence-corrected chi connectivity index (χ1v) is 7.39. The summed E-state index contributed by atoms with van der Waals surface area (Å²) in [4.78, 5) is 0.810. The maximum Gasteiger partial charge on any atom is 0.139 e. The van der Waals surface area contributed by atoms with Gasteiger partial charge in [0.05, 0.1) is 16.8 Å². The first-order chi connectivity index (χ1) is 9.61. The fraction of sp³-hybridized carbons (Fsp3) is 0.0667. The summed E-state index contributed by atoms with van der Waals surface area (Å²) in [5.74, 6) is 0.260. The molecule has 0 saturated carbocycles. The van der Waals surface area contributed by atoms with E-state index in [1.165, 1.54) is 24.5 Å². The van der Waals surface area contributed by atoms with Gasteiger partial charge in [-0.05, 0) is 23.6 Å². The fourth-order valence-electron chi connectivity index (χ4n) is 2.04. The van der Waals surface area contributed by atoms with Gasteiger partial charge in [0.25, 0.3) is 0 Å². The Bertz CT molecular complexity index is 798. The van der Waals surface area contributed by atoms with Crippen LogP contribution in [0.3, 0.4) is 0 Å². The predicted octanol–water partition coefficient (Wildman–Crippen LogP) is 6.02. The number of fused-ring (bicyclic) bond motifs is 1. The predicted molar refractivity (Wildman–Crippen MR) is 83.8 cm³/mol. The summed E-state index contributed by atoms with van der Waals surface area (Å²) in [5, 5.41) is 1.71. The molecule has 0 bridgehead atoms. The van der Waals surface area contributed by atoms with Crippen LogP contribution in [0, 0.1) is 5.82 Å². The van der Waals surface area contributed by atoms with Gasteiger partial charge in [0.2, 0.25) is 0 Å². The average molecular weight is 327 g/mol. The van der Waals surface area contributed by atoms with Crippen LogP contribution in [0.25, 0.3) is 20.5 Å². The van der Waals surface area contributed by atoms with Gasteiger partial charge >= 0.3 is 0 Å². The molecule has 20 heavy (non-hydrogen) atoms. The summed E-state index contributed by atoms with van der Waals surface area (Å²) in [6, 6.07) is 10.4. The van der Waals surface area contributed by atoms with E-state index in [4.69, 9.17) is 27.9 Å². The number of halogens is 3. The highest BCUT2D eigenvalue weighted by atomic mass is 35.5. The minimum atomic E-state index is -0.256. The summed E-state index contributed by atoms with van der Waals surface area (Å²) < 4.78 is 19.9. The van der Waals surface area contributed by atoms with Crippen LogP contribution in [-0.4, -0.2) is 7.11 Å². The molecule has 5 heteroatoms.